The molecule has 0 N–H and O–H groups in total. The van der Waals surface area contributed by atoms with E-state index in [1.807, 2.05) is 36.4 Å². The minimum atomic E-state index is -0.219. The number of rotatable bonds is 8. The van der Waals surface area contributed by atoms with Crippen LogP contribution in [-0.4, -0.2) is 18.4 Å². The van der Waals surface area contributed by atoms with Crippen LogP contribution in [0, 0.1) is 11.8 Å². The average molecular weight is 336 g/mol. The van der Waals surface area contributed by atoms with Crippen LogP contribution in [0.1, 0.15) is 43.2 Å². The Bertz CT molecular complexity index is 669. The second-order valence-corrected chi connectivity index (χ2v) is 6.58. The van der Waals surface area contributed by atoms with Gasteiger partial charge in [-0.3, -0.25) is 9.59 Å². The van der Waals surface area contributed by atoms with Crippen molar-refractivity contribution in [1.29, 1.82) is 0 Å². The number of ketones is 1. The van der Waals surface area contributed by atoms with Crippen molar-refractivity contribution in [2.24, 2.45) is 11.8 Å². The lowest BCUT2D eigenvalue weighted by Crippen LogP contribution is -2.12. The molecule has 0 radical (unpaired) electrons. The summed E-state index contributed by atoms with van der Waals surface area (Å²) in [5, 5.41) is 0. The van der Waals surface area contributed by atoms with Crippen LogP contribution in [0.3, 0.4) is 0 Å². The zero-order chi connectivity index (χ0) is 17.6. The summed E-state index contributed by atoms with van der Waals surface area (Å²) in [5.41, 5.74) is 2.44. The molecule has 0 heterocycles. The summed E-state index contributed by atoms with van der Waals surface area (Å²) in [5.74, 6) is -0.171. The van der Waals surface area contributed by atoms with Gasteiger partial charge in [0.1, 0.15) is 5.78 Å². The van der Waals surface area contributed by atoms with E-state index in [4.69, 9.17) is 4.74 Å². The molecule has 2 aromatic rings. The Kier molecular flexibility index (Phi) is 5.64. The minimum Gasteiger partial charge on any atom is -0.466 e. The molecule has 3 rings (SSSR count). The van der Waals surface area contributed by atoms with Crippen molar-refractivity contribution in [2.75, 3.05) is 6.61 Å². The molecule has 0 amide bonds. The van der Waals surface area contributed by atoms with Crippen molar-refractivity contribution < 1.29 is 14.3 Å². The summed E-state index contributed by atoms with van der Waals surface area (Å²) in [6.45, 7) is 2.17. The van der Waals surface area contributed by atoms with Crippen molar-refractivity contribution in [2.45, 2.75) is 32.1 Å². The molecule has 3 nitrogen and oxygen atoms in total. The van der Waals surface area contributed by atoms with Crippen LogP contribution in [0.2, 0.25) is 0 Å². The number of ether oxygens (including phenoxy) is 1. The molecule has 1 fully saturated rings. The number of hydrogen-bond acceptors (Lipinski definition) is 3. The normalized spacial score (nSPS) is 18.8. The van der Waals surface area contributed by atoms with E-state index in [0.29, 0.717) is 19.4 Å². The first-order valence-corrected chi connectivity index (χ1v) is 9.00. The zero-order valence-corrected chi connectivity index (χ0v) is 14.6. The first-order valence-electron chi connectivity index (χ1n) is 9.00. The van der Waals surface area contributed by atoms with Gasteiger partial charge < -0.3 is 4.74 Å². The summed E-state index contributed by atoms with van der Waals surface area (Å²) in [7, 11) is 0. The van der Waals surface area contributed by atoms with Gasteiger partial charge in [-0.1, -0.05) is 60.7 Å². The number of esters is 1. The largest absolute Gasteiger partial charge is 0.466 e. The molecule has 1 aliphatic carbocycles. The van der Waals surface area contributed by atoms with Crippen LogP contribution < -0.4 is 0 Å². The number of carbonyl (C=O) groups excluding carboxylic acids is 2. The molecule has 1 aliphatic rings. The maximum Gasteiger partial charge on any atom is 0.309 e. The van der Waals surface area contributed by atoms with Crippen molar-refractivity contribution in [3.63, 3.8) is 0 Å². The van der Waals surface area contributed by atoms with Crippen molar-refractivity contribution >= 4 is 11.8 Å². The fraction of sp³-hybridized carbons (Fsp3) is 0.364. The predicted molar refractivity (Wildman–Crippen MR) is 97.2 cm³/mol. The Morgan fingerprint density at radius 2 is 1.52 bits per heavy atom. The second-order valence-electron chi connectivity index (χ2n) is 6.58. The molecule has 0 aromatic heterocycles. The first-order chi connectivity index (χ1) is 12.2. The number of Topliss-reactive ketones (excluding diaryl/α,β-unsaturated/α-hetero) is 1. The maximum atomic E-state index is 12.5. The van der Waals surface area contributed by atoms with Crippen LogP contribution in [0.5, 0.6) is 0 Å². The highest BCUT2D eigenvalue weighted by atomic mass is 16.5. The van der Waals surface area contributed by atoms with Crippen molar-refractivity contribution in [1.82, 2.24) is 0 Å². The van der Waals surface area contributed by atoms with Crippen LogP contribution >= 0.6 is 0 Å². The standard InChI is InChI=1S/C22H24O3/c1-2-25-22(24)20-15-19(20)21(23)14-13-18(16-9-5-3-6-10-16)17-11-7-4-8-12-17/h3-12,18-20H,2,13-15H2,1H3/t19-,20-/m0/s1. The van der Waals surface area contributed by atoms with Crippen LogP contribution in [0.25, 0.3) is 0 Å². The van der Waals surface area contributed by atoms with Gasteiger partial charge in [0, 0.05) is 18.3 Å². The van der Waals surface area contributed by atoms with E-state index in [1.54, 1.807) is 6.92 Å². The molecule has 2 atom stereocenters. The van der Waals surface area contributed by atoms with Crippen molar-refractivity contribution in [3.8, 4) is 0 Å². The molecule has 25 heavy (non-hydrogen) atoms. The van der Waals surface area contributed by atoms with Gasteiger partial charge in [-0.05, 0) is 30.9 Å². The van der Waals surface area contributed by atoms with E-state index in [-0.39, 0.29) is 29.5 Å². The topological polar surface area (TPSA) is 43.4 Å². The second kappa shape index (κ2) is 8.11. The van der Waals surface area contributed by atoms with E-state index >= 15 is 0 Å². The number of benzene rings is 2. The lowest BCUT2D eigenvalue weighted by atomic mass is 9.86. The minimum absolute atomic E-state index is 0.133. The highest BCUT2D eigenvalue weighted by molar-refractivity contribution is 5.91. The maximum absolute atomic E-state index is 12.5. The smallest absolute Gasteiger partial charge is 0.309 e. The third-order valence-corrected chi connectivity index (χ3v) is 4.88. The predicted octanol–water partition coefficient (Wildman–Crippen LogP) is 4.37. The van der Waals surface area contributed by atoms with Crippen molar-refractivity contribution in [3.05, 3.63) is 71.8 Å². The Labute approximate surface area is 149 Å². The molecule has 0 aliphatic heterocycles. The molecule has 0 spiro atoms. The number of carbonyl (C=O) groups is 2. The highest BCUT2D eigenvalue weighted by Gasteiger charge is 2.48. The Morgan fingerprint density at radius 1 is 0.960 bits per heavy atom. The number of hydrogen-bond donors (Lipinski definition) is 0. The van der Waals surface area contributed by atoms with E-state index < -0.39 is 0 Å². The summed E-state index contributed by atoms with van der Waals surface area (Å²) in [4.78, 5) is 24.2. The summed E-state index contributed by atoms with van der Waals surface area (Å²) < 4.78 is 5.02. The molecular weight excluding hydrogens is 312 g/mol. The zero-order valence-electron chi connectivity index (χ0n) is 14.6. The van der Waals surface area contributed by atoms with E-state index in [1.165, 1.54) is 11.1 Å². The summed E-state index contributed by atoms with van der Waals surface area (Å²) in [6, 6.07) is 20.6. The molecule has 0 bridgehead atoms. The Balaban J connectivity index is 1.64. The van der Waals surface area contributed by atoms with Gasteiger partial charge in [0.05, 0.1) is 12.5 Å². The van der Waals surface area contributed by atoms with Gasteiger partial charge in [0.2, 0.25) is 0 Å². The van der Waals surface area contributed by atoms with Gasteiger partial charge in [-0.15, -0.1) is 0 Å². The fourth-order valence-corrected chi connectivity index (χ4v) is 3.43. The van der Waals surface area contributed by atoms with Crippen LogP contribution in [0.4, 0.5) is 0 Å². The molecule has 130 valence electrons. The lowest BCUT2D eigenvalue weighted by Gasteiger charge is -2.17. The van der Waals surface area contributed by atoms with E-state index in [9.17, 15) is 9.59 Å². The van der Waals surface area contributed by atoms with Crippen LogP contribution in [-0.2, 0) is 14.3 Å². The first kappa shape index (κ1) is 17.4. The highest BCUT2D eigenvalue weighted by Crippen LogP contribution is 2.42. The molecule has 1 saturated carbocycles. The third-order valence-electron chi connectivity index (χ3n) is 4.88. The molecule has 2 aromatic carbocycles. The van der Waals surface area contributed by atoms with Gasteiger partial charge >= 0.3 is 5.97 Å². The van der Waals surface area contributed by atoms with E-state index in [0.717, 1.165) is 6.42 Å². The fourth-order valence-electron chi connectivity index (χ4n) is 3.43. The van der Waals surface area contributed by atoms with Gasteiger partial charge in [0.15, 0.2) is 0 Å². The lowest BCUT2D eigenvalue weighted by molar-refractivity contribution is -0.145. The van der Waals surface area contributed by atoms with E-state index in [2.05, 4.69) is 24.3 Å². The molecule has 0 unspecified atom stereocenters. The van der Waals surface area contributed by atoms with Crippen LogP contribution in [0.15, 0.2) is 60.7 Å². The monoisotopic (exact) mass is 336 g/mol. The summed E-state index contributed by atoms with van der Waals surface area (Å²) in [6.07, 6.45) is 1.91. The van der Waals surface area contributed by atoms with Gasteiger partial charge in [-0.2, -0.15) is 0 Å². The summed E-state index contributed by atoms with van der Waals surface area (Å²) >= 11 is 0. The van der Waals surface area contributed by atoms with Gasteiger partial charge in [-0.25, -0.2) is 0 Å². The average Bonchev–Trinajstić information content (AvgIpc) is 3.45. The molecule has 0 saturated heterocycles. The SMILES string of the molecule is CCOC(=O)[C@H]1C[C@@H]1C(=O)CCC(c1ccccc1)c1ccccc1. The van der Waals surface area contributed by atoms with Gasteiger partial charge in [0.25, 0.3) is 0 Å². The third kappa shape index (κ3) is 4.36. The molecule has 3 heteroatoms. The molecular formula is C22H24O3. The Hall–Kier alpha value is -2.42. The quantitative estimate of drug-likeness (QED) is 0.672. The Morgan fingerprint density at radius 3 is 2.04 bits per heavy atom.